The zero-order valence-corrected chi connectivity index (χ0v) is 9.39. The number of carbonyl (C=O) groups is 1. The minimum absolute atomic E-state index is 0.0125. The minimum atomic E-state index is -0.135. The van der Waals surface area contributed by atoms with Crippen LogP contribution in [0.15, 0.2) is 0 Å². The van der Waals surface area contributed by atoms with Gasteiger partial charge < -0.3 is 10.5 Å². The molecular weight excluding hydrogens is 186 g/mol. The van der Waals surface area contributed by atoms with Crippen molar-refractivity contribution < 1.29 is 9.53 Å². The number of esters is 1. The lowest BCUT2D eigenvalue weighted by Crippen LogP contribution is -2.17. The van der Waals surface area contributed by atoms with E-state index < -0.39 is 0 Å². The Morgan fingerprint density at radius 1 is 1.46 bits per heavy atom. The lowest BCUT2D eigenvalue weighted by molar-refractivity contribution is -0.144. The highest BCUT2D eigenvalue weighted by atomic mass is 32.2. The predicted molar refractivity (Wildman–Crippen MR) is 56.8 cm³/mol. The molecule has 0 heterocycles. The van der Waals surface area contributed by atoms with Crippen LogP contribution in [0.5, 0.6) is 0 Å². The Hall–Kier alpha value is -0.220. The summed E-state index contributed by atoms with van der Waals surface area (Å²) in [6.07, 6.45) is 0.932. The molecule has 78 valence electrons. The van der Waals surface area contributed by atoms with Crippen LogP contribution in [-0.4, -0.2) is 29.6 Å². The fourth-order valence-corrected chi connectivity index (χ4v) is 1.64. The summed E-state index contributed by atoms with van der Waals surface area (Å²) in [7, 11) is 0. The number of nitrogens with two attached hydrogens (primary N) is 1. The summed E-state index contributed by atoms with van der Waals surface area (Å²) in [4.78, 5) is 11.0. The highest BCUT2D eigenvalue weighted by Gasteiger charge is 2.05. The molecule has 0 saturated carbocycles. The van der Waals surface area contributed by atoms with E-state index in [1.165, 1.54) is 0 Å². The molecule has 0 aliphatic rings. The van der Waals surface area contributed by atoms with Gasteiger partial charge in [0.15, 0.2) is 0 Å². The van der Waals surface area contributed by atoms with Crippen molar-refractivity contribution in [1.82, 2.24) is 0 Å². The number of rotatable bonds is 6. The smallest absolute Gasteiger partial charge is 0.316 e. The molecule has 0 aromatic rings. The summed E-state index contributed by atoms with van der Waals surface area (Å²) in [6, 6.07) is 0.216. The second kappa shape index (κ2) is 7.21. The van der Waals surface area contributed by atoms with Gasteiger partial charge in [-0.15, -0.1) is 0 Å². The molecule has 0 spiro atoms. The maximum Gasteiger partial charge on any atom is 0.316 e. The summed E-state index contributed by atoms with van der Waals surface area (Å²) < 4.78 is 4.97. The van der Waals surface area contributed by atoms with Crippen LogP contribution >= 0.6 is 11.8 Å². The highest BCUT2D eigenvalue weighted by Crippen LogP contribution is 2.05. The zero-order valence-electron chi connectivity index (χ0n) is 8.58. The van der Waals surface area contributed by atoms with Crippen molar-refractivity contribution >= 4 is 17.7 Å². The second-order valence-electron chi connectivity index (χ2n) is 3.36. The van der Waals surface area contributed by atoms with Crippen LogP contribution < -0.4 is 5.73 Å². The molecule has 0 aliphatic carbocycles. The van der Waals surface area contributed by atoms with Gasteiger partial charge in [0.1, 0.15) is 0 Å². The third kappa shape index (κ3) is 9.70. The lowest BCUT2D eigenvalue weighted by atomic mass is 10.3. The van der Waals surface area contributed by atoms with Gasteiger partial charge in [-0.1, -0.05) is 0 Å². The second-order valence-corrected chi connectivity index (χ2v) is 4.46. The van der Waals surface area contributed by atoms with Gasteiger partial charge in [0, 0.05) is 6.04 Å². The predicted octanol–water partition coefficient (Wildman–Crippen LogP) is 1.41. The number of hydrogen-bond donors (Lipinski definition) is 1. The number of thioether (sulfide) groups is 1. The van der Waals surface area contributed by atoms with Crippen molar-refractivity contribution in [3.05, 3.63) is 0 Å². The van der Waals surface area contributed by atoms with Gasteiger partial charge in [-0.25, -0.2) is 0 Å². The van der Waals surface area contributed by atoms with E-state index in [-0.39, 0.29) is 18.1 Å². The largest absolute Gasteiger partial charge is 0.462 e. The summed E-state index contributed by atoms with van der Waals surface area (Å²) >= 11 is 1.58. The summed E-state index contributed by atoms with van der Waals surface area (Å²) in [5, 5.41) is 0. The van der Waals surface area contributed by atoms with E-state index in [4.69, 9.17) is 10.5 Å². The number of ether oxygens (including phenoxy) is 1. The summed E-state index contributed by atoms with van der Waals surface area (Å²) in [6.45, 7) is 5.67. The first-order chi connectivity index (χ1) is 6.02. The molecule has 4 heteroatoms. The quantitative estimate of drug-likeness (QED) is 0.526. The molecule has 0 aromatic heterocycles. The molecule has 0 fully saturated rings. The molecule has 13 heavy (non-hydrogen) atoms. The molecule has 0 rings (SSSR count). The van der Waals surface area contributed by atoms with Gasteiger partial charge in [0.25, 0.3) is 0 Å². The molecular formula is C9H19NO2S. The van der Waals surface area contributed by atoms with Crippen LogP contribution in [0.3, 0.4) is 0 Å². The van der Waals surface area contributed by atoms with Crippen LogP contribution in [0.1, 0.15) is 27.2 Å². The van der Waals surface area contributed by atoms with E-state index >= 15 is 0 Å². The first-order valence-corrected chi connectivity index (χ1v) is 5.70. The number of carbonyl (C=O) groups excluding carboxylic acids is 1. The van der Waals surface area contributed by atoms with Gasteiger partial charge in [-0.05, 0) is 32.9 Å². The van der Waals surface area contributed by atoms with Crippen molar-refractivity contribution in [1.29, 1.82) is 0 Å². The van der Waals surface area contributed by atoms with E-state index in [2.05, 4.69) is 0 Å². The van der Waals surface area contributed by atoms with Gasteiger partial charge in [-0.2, -0.15) is 11.8 Å². The van der Waals surface area contributed by atoms with E-state index in [0.717, 1.165) is 12.2 Å². The van der Waals surface area contributed by atoms with Gasteiger partial charge in [-0.3, -0.25) is 4.79 Å². The Labute approximate surface area is 84.4 Å². The summed E-state index contributed by atoms with van der Waals surface area (Å²) in [5.41, 5.74) is 5.56. The fraction of sp³-hybridized carbons (Fsp3) is 0.889. The Morgan fingerprint density at radius 3 is 2.54 bits per heavy atom. The van der Waals surface area contributed by atoms with Gasteiger partial charge in [0.05, 0.1) is 11.9 Å². The average molecular weight is 205 g/mol. The van der Waals surface area contributed by atoms with Crippen molar-refractivity contribution in [3.8, 4) is 0 Å². The molecule has 2 N–H and O–H groups in total. The molecule has 3 nitrogen and oxygen atoms in total. The van der Waals surface area contributed by atoms with Crippen molar-refractivity contribution in [2.75, 3.05) is 11.5 Å². The first kappa shape index (κ1) is 12.8. The van der Waals surface area contributed by atoms with Crippen LogP contribution in [0.4, 0.5) is 0 Å². The Bertz CT molecular complexity index is 149. The van der Waals surface area contributed by atoms with Crippen LogP contribution in [0, 0.1) is 0 Å². The average Bonchev–Trinajstić information content (AvgIpc) is 1.96. The van der Waals surface area contributed by atoms with E-state index in [1.54, 1.807) is 11.8 Å². The Balaban J connectivity index is 3.27. The van der Waals surface area contributed by atoms with Crippen molar-refractivity contribution in [2.24, 2.45) is 5.73 Å². The molecule has 1 atom stereocenters. The van der Waals surface area contributed by atoms with Crippen molar-refractivity contribution in [3.63, 3.8) is 0 Å². The summed E-state index contributed by atoms with van der Waals surface area (Å²) in [5.74, 6) is 1.22. The monoisotopic (exact) mass is 205 g/mol. The van der Waals surface area contributed by atoms with Crippen molar-refractivity contribution in [2.45, 2.75) is 39.3 Å². The molecule has 1 unspecified atom stereocenters. The standard InChI is InChI=1S/C9H19NO2S/c1-7(2)12-9(11)6-13-5-4-8(3)10/h7-8H,4-6,10H2,1-3H3. The molecule has 0 aliphatic heterocycles. The van der Waals surface area contributed by atoms with E-state index in [1.807, 2.05) is 20.8 Å². The highest BCUT2D eigenvalue weighted by molar-refractivity contribution is 7.99. The van der Waals surface area contributed by atoms with Gasteiger partial charge >= 0.3 is 5.97 Å². The molecule has 0 amide bonds. The van der Waals surface area contributed by atoms with E-state index in [9.17, 15) is 4.79 Å². The third-order valence-corrected chi connectivity index (χ3v) is 2.27. The fourth-order valence-electron chi connectivity index (χ4n) is 0.722. The molecule has 0 radical (unpaired) electrons. The van der Waals surface area contributed by atoms with Crippen LogP contribution in [0.2, 0.25) is 0 Å². The van der Waals surface area contributed by atoms with Crippen LogP contribution in [0.25, 0.3) is 0 Å². The van der Waals surface area contributed by atoms with Gasteiger partial charge in [0.2, 0.25) is 0 Å². The zero-order chi connectivity index (χ0) is 10.3. The lowest BCUT2D eigenvalue weighted by Gasteiger charge is -2.07. The van der Waals surface area contributed by atoms with E-state index in [0.29, 0.717) is 5.75 Å². The third-order valence-electron chi connectivity index (χ3n) is 1.30. The first-order valence-electron chi connectivity index (χ1n) is 4.55. The molecule has 0 bridgehead atoms. The minimum Gasteiger partial charge on any atom is -0.462 e. The maximum atomic E-state index is 11.0. The topological polar surface area (TPSA) is 52.3 Å². The SMILES string of the molecule is CC(N)CCSCC(=O)OC(C)C. The Kier molecular flexibility index (Phi) is 7.09. The number of hydrogen-bond acceptors (Lipinski definition) is 4. The normalized spacial score (nSPS) is 13.0. The molecule has 0 aromatic carbocycles. The Morgan fingerprint density at radius 2 is 2.08 bits per heavy atom. The van der Waals surface area contributed by atoms with Crippen LogP contribution in [-0.2, 0) is 9.53 Å². The maximum absolute atomic E-state index is 11.0. The molecule has 0 saturated heterocycles.